The van der Waals surface area contributed by atoms with Gasteiger partial charge < -0.3 is 20.1 Å². The number of halogens is 1. The summed E-state index contributed by atoms with van der Waals surface area (Å²) in [6.07, 6.45) is 0.867. The van der Waals surface area contributed by atoms with Crippen LogP contribution in [0.25, 0.3) is 0 Å². The molecule has 1 unspecified atom stereocenters. The standard InChI is InChI=1S/C29H23FN4O4/c1-37-23-10-4-18(5-11-23)7-13-25-26(28(35)38-17-20-6-12-24(30)22(14-20)16-32)27(34-29(36)33-25)21-8-2-19(15-31)3-9-21/h2-6,8-12,14,27H,7,13,17H2,1H3,(H2,33,34,36). The normalized spacial score (nSPS) is 14.5. The molecule has 0 fully saturated rings. The van der Waals surface area contributed by atoms with Crippen LogP contribution >= 0.6 is 0 Å². The van der Waals surface area contributed by atoms with Gasteiger partial charge in [-0.05, 0) is 65.9 Å². The van der Waals surface area contributed by atoms with E-state index in [1.54, 1.807) is 37.4 Å². The summed E-state index contributed by atoms with van der Waals surface area (Å²) in [5.41, 5.74) is 2.92. The Morgan fingerprint density at radius 3 is 2.34 bits per heavy atom. The molecule has 4 rings (SSSR count). The molecule has 1 atom stereocenters. The molecule has 3 aromatic carbocycles. The van der Waals surface area contributed by atoms with Gasteiger partial charge >= 0.3 is 12.0 Å². The van der Waals surface area contributed by atoms with Crippen LogP contribution in [0, 0.1) is 28.5 Å². The fourth-order valence-electron chi connectivity index (χ4n) is 4.09. The number of ether oxygens (including phenoxy) is 2. The van der Waals surface area contributed by atoms with Crippen LogP contribution in [0.1, 0.15) is 40.3 Å². The number of amides is 2. The average Bonchev–Trinajstić information content (AvgIpc) is 2.95. The topological polar surface area (TPSA) is 124 Å². The number of nitriles is 2. The van der Waals surface area contributed by atoms with Crippen LogP contribution in [0.15, 0.2) is 78.0 Å². The Labute approximate surface area is 218 Å². The zero-order chi connectivity index (χ0) is 27.1. The third-order valence-electron chi connectivity index (χ3n) is 6.09. The van der Waals surface area contributed by atoms with E-state index in [2.05, 4.69) is 10.6 Å². The van der Waals surface area contributed by atoms with Gasteiger partial charge in [0.05, 0.1) is 35.9 Å². The number of rotatable bonds is 8. The van der Waals surface area contributed by atoms with E-state index in [0.29, 0.717) is 41.0 Å². The van der Waals surface area contributed by atoms with E-state index in [0.717, 1.165) is 11.6 Å². The number of carbonyl (C=O) groups is 2. The lowest BCUT2D eigenvalue weighted by Gasteiger charge is -2.29. The van der Waals surface area contributed by atoms with Crippen molar-refractivity contribution in [2.24, 2.45) is 0 Å². The van der Waals surface area contributed by atoms with Crippen molar-refractivity contribution in [2.45, 2.75) is 25.5 Å². The first-order valence-electron chi connectivity index (χ1n) is 11.7. The summed E-state index contributed by atoms with van der Waals surface area (Å²) in [5, 5.41) is 23.7. The molecule has 3 aromatic rings. The highest BCUT2D eigenvalue weighted by Crippen LogP contribution is 2.30. The highest BCUT2D eigenvalue weighted by Gasteiger charge is 2.33. The first kappa shape index (κ1) is 25.9. The Balaban J connectivity index is 1.64. The molecule has 0 bridgehead atoms. The molecule has 1 aliphatic heterocycles. The zero-order valence-corrected chi connectivity index (χ0v) is 20.5. The van der Waals surface area contributed by atoms with Crippen LogP contribution in [0.2, 0.25) is 0 Å². The summed E-state index contributed by atoms with van der Waals surface area (Å²) in [5.74, 6) is -0.626. The van der Waals surface area contributed by atoms with E-state index >= 15 is 0 Å². The van der Waals surface area contributed by atoms with Gasteiger partial charge in [-0.15, -0.1) is 0 Å². The highest BCUT2D eigenvalue weighted by molar-refractivity contribution is 5.95. The monoisotopic (exact) mass is 510 g/mol. The maximum atomic E-state index is 13.7. The molecule has 0 saturated heterocycles. The van der Waals surface area contributed by atoms with Crippen molar-refractivity contribution in [3.05, 3.63) is 112 Å². The zero-order valence-electron chi connectivity index (χ0n) is 20.5. The van der Waals surface area contributed by atoms with Gasteiger partial charge in [0.1, 0.15) is 24.2 Å². The molecule has 0 radical (unpaired) electrons. The average molecular weight is 511 g/mol. The molecule has 1 heterocycles. The maximum Gasteiger partial charge on any atom is 0.338 e. The predicted octanol–water partition coefficient (Wildman–Crippen LogP) is 4.56. The van der Waals surface area contributed by atoms with E-state index in [1.165, 1.54) is 12.1 Å². The number of hydrogen-bond donors (Lipinski definition) is 2. The van der Waals surface area contributed by atoms with Crippen LogP contribution in [0.5, 0.6) is 5.75 Å². The summed E-state index contributed by atoms with van der Waals surface area (Å²) in [4.78, 5) is 26.0. The minimum atomic E-state index is -0.822. The maximum absolute atomic E-state index is 13.7. The predicted molar refractivity (Wildman–Crippen MR) is 135 cm³/mol. The number of methoxy groups -OCH3 is 1. The highest BCUT2D eigenvalue weighted by atomic mass is 19.1. The second kappa shape index (κ2) is 11.7. The molecule has 0 aromatic heterocycles. The van der Waals surface area contributed by atoms with E-state index in [9.17, 15) is 14.0 Å². The number of allylic oxidation sites excluding steroid dienone is 1. The number of urea groups is 1. The number of esters is 1. The number of aryl methyl sites for hydroxylation is 1. The van der Waals surface area contributed by atoms with Crippen molar-refractivity contribution in [3.63, 3.8) is 0 Å². The molecule has 9 heteroatoms. The van der Waals surface area contributed by atoms with E-state index < -0.39 is 23.9 Å². The van der Waals surface area contributed by atoms with Crippen LogP contribution in [-0.4, -0.2) is 19.1 Å². The quantitative estimate of drug-likeness (QED) is 0.428. The minimum absolute atomic E-state index is 0.153. The summed E-state index contributed by atoms with van der Waals surface area (Å²) in [6.45, 7) is -0.197. The molecule has 0 spiro atoms. The van der Waals surface area contributed by atoms with Crippen molar-refractivity contribution in [1.29, 1.82) is 10.5 Å². The van der Waals surface area contributed by atoms with Gasteiger partial charge in [0.15, 0.2) is 0 Å². The first-order valence-corrected chi connectivity index (χ1v) is 11.7. The Bertz CT molecular complexity index is 1470. The molecule has 8 nitrogen and oxygen atoms in total. The number of benzene rings is 3. The number of nitrogens with one attached hydrogen (secondary N) is 2. The van der Waals surface area contributed by atoms with Crippen molar-refractivity contribution in [3.8, 4) is 17.9 Å². The van der Waals surface area contributed by atoms with Gasteiger partial charge in [0.25, 0.3) is 0 Å². The lowest BCUT2D eigenvalue weighted by Crippen LogP contribution is -2.46. The van der Waals surface area contributed by atoms with Gasteiger partial charge in [0, 0.05) is 5.70 Å². The van der Waals surface area contributed by atoms with Crippen LogP contribution < -0.4 is 15.4 Å². The summed E-state index contributed by atoms with van der Waals surface area (Å²) < 4.78 is 24.5. The van der Waals surface area contributed by atoms with E-state index in [1.807, 2.05) is 30.3 Å². The molecule has 0 aliphatic carbocycles. The summed E-state index contributed by atoms with van der Waals surface area (Å²) in [6, 6.07) is 20.4. The van der Waals surface area contributed by atoms with Crippen molar-refractivity contribution < 1.29 is 23.5 Å². The van der Waals surface area contributed by atoms with Crippen molar-refractivity contribution >= 4 is 12.0 Å². The minimum Gasteiger partial charge on any atom is -0.497 e. The SMILES string of the molecule is COc1ccc(CCC2=C(C(=O)OCc3ccc(F)c(C#N)c3)C(c3ccc(C#N)cc3)NC(=O)N2)cc1. The number of hydrogen-bond acceptors (Lipinski definition) is 6. The van der Waals surface area contributed by atoms with Gasteiger partial charge in [0.2, 0.25) is 0 Å². The van der Waals surface area contributed by atoms with Crippen LogP contribution in [0.3, 0.4) is 0 Å². The molecule has 2 amide bonds. The number of nitrogens with zero attached hydrogens (tertiary/aromatic N) is 2. The van der Waals surface area contributed by atoms with Crippen molar-refractivity contribution in [1.82, 2.24) is 10.6 Å². The Morgan fingerprint density at radius 2 is 1.68 bits per heavy atom. The summed E-state index contributed by atoms with van der Waals surface area (Å²) in [7, 11) is 1.58. The van der Waals surface area contributed by atoms with Gasteiger partial charge in [-0.2, -0.15) is 10.5 Å². The number of carbonyl (C=O) groups excluding carboxylic acids is 2. The molecular weight excluding hydrogens is 487 g/mol. The smallest absolute Gasteiger partial charge is 0.338 e. The van der Waals surface area contributed by atoms with Gasteiger partial charge in [-0.3, -0.25) is 0 Å². The molecule has 1 aliphatic rings. The molecule has 38 heavy (non-hydrogen) atoms. The van der Waals surface area contributed by atoms with E-state index in [4.69, 9.17) is 20.0 Å². The molecule has 190 valence electrons. The van der Waals surface area contributed by atoms with Crippen LogP contribution in [0.4, 0.5) is 9.18 Å². The Morgan fingerprint density at radius 1 is 0.974 bits per heavy atom. The third-order valence-corrected chi connectivity index (χ3v) is 6.09. The summed E-state index contributed by atoms with van der Waals surface area (Å²) >= 11 is 0. The van der Waals surface area contributed by atoms with E-state index in [-0.39, 0.29) is 17.7 Å². The lowest BCUT2D eigenvalue weighted by atomic mass is 9.92. The van der Waals surface area contributed by atoms with Crippen molar-refractivity contribution in [2.75, 3.05) is 7.11 Å². The Hall–Kier alpha value is -5.15. The van der Waals surface area contributed by atoms with Gasteiger partial charge in [-0.25, -0.2) is 14.0 Å². The molecular formula is C29H23FN4O4. The Kier molecular flexibility index (Phi) is 8.00. The molecule has 0 saturated carbocycles. The molecule has 2 N–H and O–H groups in total. The first-order chi connectivity index (χ1) is 18.4. The largest absolute Gasteiger partial charge is 0.497 e. The second-order valence-corrected chi connectivity index (χ2v) is 8.51. The third kappa shape index (κ3) is 5.97. The second-order valence-electron chi connectivity index (χ2n) is 8.51. The fourth-order valence-corrected chi connectivity index (χ4v) is 4.09. The lowest BCUT2D eigenvalue weighted by molar-refractivity contribution is -0.140. The fraction of sp³-hybridized carbons (Fsp3) is 0.172. The van der Waals surface area contributed by atoms with Crippen LogP contribution in [-0.2, 0) is 22.6 Å². The van der Waals surface area contributed by atoms with Gasteiger partial charge in [-0.1, -0.05) is 30.3 Å².